The van der Waals surface area contributed by atoms with E-state index in [0.717, 1.165) is 26.1 Å². The first-order valence-electron chi connectivity index (χ1n) is 5.24. The van der Waals surface area contributed by atoms with Gasteiger partial charge in [0.1, 0.15) is 5.75 Å². The van der Waals surface area contributed by atoms with E-state index in [1.807, 2.05) is 0 Å². The van der Waals surface area contributed by atoms with Gasteiger partial charge in [0.05, 0.1) is 6.61 Å². The van der Waals surface area contributed by atoms with Gasteiger partial charge in [-0.3, -0.25) is 4.79 Å². The van der Waals surface area contributed by atoms with Gasteiger partial charge in [0, 0.05) is 25.5 Å². The van der Waals surface area contributed by atoms with Gasteiger partial charge in [0.2, 0.25) is 0 Å². The van der Waals surface area contributed by atoms with Crippen LogP contribution in [0.2, 0.25) is 0 Å². The molecule has 4 heteroatoms. The Bertz CT molecular complexity index is 355. The SMILES string of the molecule is O=c1cc(OCC2CCOCC2)cc[nH]1. The van der Waals surface area contributed by atoms with E-state index in [4.69, 9.17) is 9.47 Å². The Hall–Kier alpha value is -1.29. The van der Waals surface area contributed by atoms with E-state index in [-0.39, 0.29) is 5.56 Å². The van der Waals surface area contributed by atoms with Crippen LogP contribution in [-0.2, 0) is 4.74 Å². The summed E-state index contributed by atoms with van der Waals surface area (Å²) < 4.78 is 10.8. The molecule has 1 aromatic heterocycles. The maximum Gasteiger partial charge on any atom is 0.251 e. The van der Waals surface area contributed by atoms with Crippen molar-refractivity contribution in [1.82, 2.24) is 4.98 Å². The topological polar surface area (TPSA) is 51.3 Å². The molecule has 1 N–H and O–H groups in total. The van der Waals surface area contributed by atoms with Crippen molar-refractivity contribution in [2.24, 2.45) is 5.92 Å². The van der Waals surface area contributed by atoms with Crippen molar-refractivity contribution in [2.75, 3.05) is 19.8 Å². The number of ether oxygens (including phenoxy) is 2. The fraction of sp³-hybridized carbons (Fsp3) is 0.545. The van der Waals surface area contributed by atoms with Crippen molar-refractivity contribution in [2.45, 2.75) is 12.8 Å². The number of H-pyrrole nitrogens is 1. The Labute approximate surface area is 88.2 Å². The second kappa shape index (κ2) is 4.98. The Kier molecular flexibility index (Phi) is 3.40. The van der Waals surface area contributed by atoms with Crippen LogP contribution in [0.3, 0.4) is 0 Å². The van der Waals surface area contributed by atoms with Gasteiger partial charge in [-0.05, 0) is 24.8 Å². The van der Waals surface area contributed by atoms with E-state index in [1.165, 1.54) is 6.07 Å². The van der Waals surface area contributed by atoms with Crippen LogP contribution < -0.4 is 10.3 Å². The first kappa shape index (κ1) is 10.2. The summed E-state index contributed by atoms with van der Waals surface area (Å²) in [5, 5.41) is 0. The zero-order valence-electron chi connectivity index (χ0n) is 8.57. The summed E-state index contributed by atoms with van der Waals surface area (Å²) in [6.45, 7) is 2.32. The van der Waals surface area contributed by atoms with Crippen LogP contribution in [0.4, 0.5) is 0 Å². The van der Waals surface area contributed by atoms with E-state index in [0.29, 0.717) is 18.3 Å². The van der Waals surface area contributed by atoms with E-state index in [9.17, 15) is 4.79 Å². The standard InChI is InChI=1S/C11H15NO3/c13-11-7-10(1-4-12-11)15-8-9-2-5-14-6-3-9/h1,4,7,9H,2-3,5-6,8H2,(H,12,13). The van der Waals surface area contributed by atoms with Crippen LogP contribution in [0.1, 0.15) is 12.8 Å². The maximum atomic E-state index is 11.0. The number of aromatic nitrogens is 1. The lowest BCUT2D eigenvalue weighted by Gasteiger charge is -2.21. The highest BCUT2D eigenvalue weighted by Crippen LogP contribution is 2.16. The number of nitrogens with one attached hydrogen (secondary N) is 1. The lowest BCUT2D eigenvalue weighted by atomic mass is 10.0. The number of hydrogen-bond donors (Lipinski definition) is 1. The summed E-state index contributed by atoms with van der Waals surface area (Å²) in [7, 11) is 0. The summed E-state index contributed by atoms with van der Waals surface area (Å²) in [4.78, 5) is 13.5. The van der Waals surface area contributed by atoms with Gasteiger partial charge >= 0.3 is 0 Å². The molecule has 0 aliphatic carbocycles. The van der Waals surface area contributed by atoms with Gasteiger partial charge in [-0.2, -0.15) is 0 Å². The van der Waals surface area contributed by atoms with Crippen LogP contribution in [0.5, 0.6) is 5.75 Å². The third-order valence-corrected chi connectivity index (χ3v) is 2.57. The molecule has 4 nitrogen and oxygen atoms in total. The molecule has 0 saturated carbocycles. The number of hydrogen-bond acceptors (Lipinski definition) is 3. The summed E-state index contributed by atoms with van der Waals surface area (Å²) in [6, 6.07) is 3.24. The van der Waals surface area contributed by atoms with Gasteiger partial charge in [-0.25, -0.2) is 0 Å². The van der Waals surface area contributed by atoms with Gasteiger partial charge in [0.15, 0.2) is 0 Å². The van der Waals surface area contributed by atoms with Gasteiger partial charge < -0.3 is 14.5 Å². The van der Waals surface area contributed by atoms with E-state index < -0.39 is 0 Å². The fourth-order valence-corrected chi connectivity index (χ4v) is 1.64. The summed E-state index contributed by atoms with van der Waals surface area (Å²) in [6.07, 6.45) is 3.69. The molecule has 15 heavy (non-hydrogen) atoms. The number of pyridine rings is 1. The zero-order valence-corrected chi connectivity index (χ0v) is 8.57. The van der Waals surface area contributed by atoms with Gasteiger partial charge in [0.25, 0.3) is 5.56 Å². The van der Waals surface area contributed by atoms with E-state index in [1.54, 1.807) is 12.3 Å². The molecular formula is C11H15NO3. The Morgan fingerprint density at radius 3 is 3.00 bits per heavy atom. The second-order valence-electron chi connectivity index (χ2n) is 3.76. The minimum absolute atomic E-state index is 0.125. The molecule has 82 valence electrons. The van der Waals surface area contributed by atoms with Crippen LogP contribution in [-0.4, -0.2) is 24.8 Å². The lowest BCUT2D eigenvalue weighted by molar-refractivity contribution is 0.0497. The molecule has 0 unspecified atom stereocenters. The predicted octanol–water partition coefficient (Wildman–Crippen LogP) is 1.18. The van der Waals surface area contributed by atoms with Crippen molar-refractivity contribution in [3.63, 3.8) is 0 Å². The molecular weight excluding hydrogens is 194 g/mol. The first-order chi connectivity index (χ1) is 7.34. The molecule has 2 heterocycles. The minimum Gasteiger partial charge on any atom is -0.493 e. The van der Waals surface area contributed by atoms with Crippen molar-refractivity contribution in [1.29, 1.82) is 0 Å². The van der Waals surface area contributed by atoms with Crippen molar-refractivity contribution >= 4 is 0 Å². The van der Waals surface area contributed by atoms with Crippen LogP contribution >= 0.6 is 0 Å². The minimum atomic E-state index is -0.125. The number of rotatable bonds is 3. The molecule has 0 amide bonds. The molecule has 0 bridgehead atoms. The normalized spacial score (nSPS) is 17.6. The lowest BCUT2D eigenvalue weighted by Crippen LogP contribution is -2.21. The van der Waals surface area contributed by atoms with E-state index in [2.05, 4.69) is 4.98 Å². The number of aromatic amines is 1. The van der Waals surface area contributed by atoms with Crippen LogP contribution in [0, 0.1) is 5.92 Å². The summed E-state index contributed by atoms with van der Waals surface area (Å²) >= 11 is 0. The van der Waals surface area contributed by atoms with Crippen molar-refractivity contribution in [3.8, 4) is 5.75 Å². The summed E-state index contributed by atoms with van der Waals surface area (Å²) in [5.41, 5.74) is -0.125. The van der Waals surface area contributed by atoms with E-state index >= 15 is 0 Å². The quantitative estimate of drug-likeness (QED) is 0.813. The fourth-order valence-electron chi connectivity index (χ4n) is 1.64. The molecule has 1 aliphatic heterocycles. The molecule has 1 fully saturated rings. The largest absolute Gasteiger partial charge is 0.493 e. The van der Waals surface area contributed by atoms with Crippen LogP contribution in [0.15, 0.2) is 23.1 Å². The van der Waals surface area contributed by atoms with Crippen molar-refractivity contribution in [3.05, 3.63) is 28.7 Å². The Balaban J connectivity index is 1.84. The molecule has 0 spiro atoms. The smallest absolute Gasteiger partial charge is 0.251 e. The maximum absolute atomic E-state index is 11.0. The highest BCUT2D eigenvalue weighted by Gasteiger charge is 2.14. The predicted molar refractivity (Wildman–Crippen MR) is 56.1 cm³/mol. The molecule has 2 rings (SSSR count). The zero-order chi connectivity index (χ0) is 10.5. The summed E-state index contributed by atoms with van der Waals surface area (Å²) in [5.74, 6) is 1.20. The van der Waals surface area contributed by atoms with Crippen LogP contribution in [0.25, 0.3) is 0 Å². The highest BCUT2D eigenvalue weighted by molar-refractivity contribution is 5.16. The van der Waals surface area contributed by atoms with Gasteiger partial charge in [-0.15, -0.1) is 0 Å². The molecule has 1 saturated heterocycles. The molecule has 1 aliphatic rings. The Morgan fingerprint density at radius 1 is 1.47 bits per heavy atom. The van der Waals surface area contributed by atoms with Gasteiger partial charge in [-0.1, -0.05) is 0 Å². The molecule has 0 atom stereocenters. The molecule has 0 aromatic carbocycles. The second-order valence-corrected chi connectivity index (χ2v) is 3.76. The molecule has 1 aromatic rings. The first-order valence-corrected chi connectivity index (χ1v) is 5.24. The third-order valence-electron chi connectivity index (χ3n) is 2.57. The molecule has 0 radical (unpaired) electrons. The average molecular weight is 209 g/mol. The third kappa shape index (κ3) is 3.09. The Morgan fingerprint density at radius 2 is 2.27 bits per heavy atom. The average Bonchev–Trinajstić information content (AvgIpc) is 2.28. The highest BCUT2D eigenvalue weighted by atomic mass is 16.5. The van der Waals surface area contributed by atoms with Crippen molar-refractivity contribution < 1.29 is 9.47 Å². The monoisotopic (exact) mass is 209 g/mol.